The van der Waals surface area contributed by atoms with E-state index in [-0.39, 0.29) is 5.41 Å². The molecule has 0 saturated carbocycles. The summed E-state index contributed by atoms with van der Waals surface area (Å²) in [5.74, 6) is 0.829. The number of aromatic nitrogens is 1. The zero-order chi connectivity index (χ0) is 17.4. The van der Waals surface area contributed by atoms with Crippen molar-refractivity contribution in [1.29, 1.82) is 0 Å². The lowest BCUT2D eigenvalue weighted by Gasteiger charge is -2.14. The second-order valence-corrected chi connectivity index (χ2v) is 7.76. The van der Waals surface area contributed by atoms with Crippen LogP contribution < -0.4 is 10.6 Å². The minimum Gasteiger partial charge on any atom is -0.356 e. The lowest BCUT2D eigenvalue weighted by Crippen LogP contribution is -2.37. The molecule has 5 heteroatoms. The monoisotopic (exact) mass is 344 g/mol. The van der Waals surface area contributed by atoms with Crippen molar-refractivity contribution in [2.75, 3.05) is 13.6 Å². The van der Waals surface area contributed by atoms with E-state index in [1.807, 2.05) is 0 Å². The molecule has 0 aliphatic heterocycles. The van der Waals surface area contributed by atoms with Crippen molar-refractivity contribution >= 4 is 17.3 Å². The third-order valence-electron chi connectivity index (χ3n) is 3.73. The van der Waals surface area contributed by atoms with Gasteiger partial charge in [0.2, 0.25) is 0 Å². The Morgan fingerprint density at radius 1 is 1.17 bits per heavy atom. The molecule has 0 radical (unpaired) electrons. The number of benzene rings is 1. The summed E-state index contributed by atoms with van der Waals surface area (Å²) in [6, 6.07) is 10.6. The molecule has 0 aliphatic rings. The number of rotatable bonds is 6. The van der Waals surface area contributed by atoms with Gasteiger partial charge in [0, 0.05) is 24.4 Å². The van der Waals surface area contributed by atoms with Gasteiger partial charge in [-0.1, -0.05) is 51.1 Å². The maximum atomic E-state index is 4.70. The van der Waals surface area contributed by atoms with Crippen LogP contribution in [0.5, 0.6) is 0 Å². The number of guanidine groups is 1. The van der Waals surface area contributed by atoms with Crippen LogP contribution in [-0.2, 0) is 18.4 Å². The van der Waals surface area contributed by atoms with Crippen LogP contribution >= 0.6 is 11.3 Å². The van der Waals surface area contributed by atoms with E-state index in [9.17, 15) is 0 Å². The molecule has 0 amide bonds. The smallest absolute Gasteiger partial charge is 0.191 e. The van der Waals surface area contributed by atoms with E-state index in [0.29, 0.717) is 6.54 Å². The Hall–Kier alpha value is -1.88. The molecule has 2 aromatic rings. The van der Waals surface area contributed by atoms with Gasteiger partial charge in [-0.25, -0.2) is 4.98 Å². The van der Waals surface area contributed by atoms with Gasteiger partial charge in [0.15, 0.2) is 5.96 Å². The molecule has 4 nitrogen and oxygen atoms in total. The Bertz CT molecular complexity index is 641. The minimum atomic E-state index is 0.103. The first-order valence-electron chi connectivity index (χ1n) is 8.42. The third kappa shape index (κ3) is 5.96. The molecule has 0 atom stereocenters. The van der Waals surface area contributed by atoms with E-state index in [0.717, 1.165) is 36.0 Å². The Labute approximate surface area is 149 Å². The van der Waals surface area contributed by atoms with Crippen LogP contribution in [0.3, 0.4) is 0 Å². The van der Waals surface area contributed by atoms with E-state index < -0.39 is 0 Å². The molecule has 1 heterocycles. The van der Waals surface area contributed by atoms with Crippen molar-refractivity contribution in [2.45, 2.75) is 45.6 Å². The number of aryl methyl sites for hydroxylation is 1. The zero-order valence-corrected chi connectivity index (χ0v) is 15.9. The first-order valence-corrected chi connectivity index (χ1v) is 9.30. The van der Waals surface area contributed by atoms with Crippen LogP contribution in [0.2, 0.25) is 0 Å². The Morgan fingerprint density at radius 2 is 1.92 bits per heavy atom. The third-order valence-corrected chi connectivity index (χ3v) is 4.58. The minimum absolute atomic E-state index is 0.103. The van der Waals surface area contributed by atoms with Crippen LogP contribution in [0.1, 0.15) is 43.5 Å². The first kappa shape index (κ1) is 18.5. The van der Waals surface area contributed by atoms with Gasteiger partial charge in [-0.05, 0) is 18.4 Å². The van der Waals surface area contributed by atoms with Crippen LogP contribution in [-0.4, -0.2) is 24.5 Å². The molecule has 24 heavy (non-hydrogen) atoms. The Balaban J connectivity index is 1.71. The number of thiazole rings is 1. The number of aliphatic imine (C=N–C) groups is 1. The number of hydrogen-bond acceptors (Lipinski definition) is 3. The maximum Gasteiger partial charge on any atom is 0.191 e. The standard InChI is InChI=1S/C19H28N4S/c1-19(2,3)16-14-24-17(23-16)13-22-18(20-4)21-12-8-11-15-9-6-5-7-10-15/h5-7,9-10,14H,8,11-13H2,1-4H3,(H2,20,21,22). The van der Waals surface area contributed by atoms with Gasteiger partial charge in [0.05, 0.1) is 12.2 Å². The molecule has 130 valence electrons. The summed E-state index contributed by atoms with van der Waals surface area (Å²) in [6.07, 6.45) is 2.16. The summed E-state index contributed by atoms with van der Waals surface area (Å²) in [7, 11) is 1.80. The van der Waals surface area contributed by atoms with Crippen molar-refractivity contribution in [2.24, 2.45) is 4.99 Å². The lowest BCUT2D eigenvalue weighted by atomic mass is 9.93. The largest absolute Gasteiger partial charge is 0.356 e. The van der Waals surface area contributed by atoms with E-state index in [4.69, 9.17) is 4.98 Å². The highest BCUT2D eigenvalue weighted by Crippen LogP contribution is 2.23. The summed E-state index contributed by atoms with van der Waals surface area (Å²) < 4.78 is 0. The van der Waals surface area contributed by atoms with Gasteiger partial charge in [-0.15, -0.1) is 11.3 Å². The van der Waals surface area contributed by atoms with Crippen molar-refractivity contribution < 1.29 is 0 Å². The first-order chi connectivity index (χ1) is 11.5. The second kappa shape index (κ2) is 8.83. The Kier molecular flexibility index (Phi) is 6.79. The van der Waals surface area contributed by atoms with Crippen LogP contribution in [0.15, 0.2) is 40.7 Å². The van der Waals surface area contributed by atoms with Crippen molar-refractivity contribution in [3.63, 3.8) is 0 Å². The fraction of sp³-hybridized carbons (Fsp3) is 0.474. The van der Waals surface area contributed by atoms with E-state index in [2.05, 4.69) is 72.1 Å². The van der Waals surface area contributed by atoms with Crippen LogP contribution in [0.4, 0.5) is 0 Å². The highest BCUT2D eigenvalue weighted by molar-refractivity contribution is 7.09. The van der Waals surface area contributed by atoms with E-state index >= 15 is 0 Å². The topological polar surface area (TPSA) is 49.3 Å². The highest BCUT2D eigenvalue weighted by atomic mass is 32.1. The molecule has 1 aromatic heterocycles. The number of nitrogens with zero attached hydrogens (tertiary/aromatic N) is 2. The normalized spacial score (nSPS) is 12.2. The molecule has 0 bridgehead atoms. The van der Waals surface area contributed by atoms with Gasteiger partial charge in [0.25, 0.3) is 0 Å². The van der Waals surface area contributed by atoms with Gasteiger partial charge in [0.1, 0.15) is 5.01 Å². The Morgan fingerprint density at radius 3 is 2.54 bits per heavy atom. The van der Waals surface area contributed by atoms with Gasteiger partial charge < -0.3 is 10.6 Å². The zero-order valence-electron chi connectivity index (χ0n) is 15.1. The number of hydrogen-bond donors (Lipinski definition) is 2. The fourth-order valence-corrected chi connectivity index (χ4v) is 3.22. The van der Waals surface area contributed by atoms with Gasteiger partial charge in [-0.3, -0.25) is 4.99 Å². The van der Waals surface area contributed by atoms with Gasteiger partial charge >= 0.3 is 0 Å². The fourth-order valence-electron chi connectivity index (χ4n) is 2.26. The summed E-state index contributed by atoms with van der Waals surface area (Å²) in [5.41, 5.74) is 2.63. The van der Waals surface area contributed by atoms with Crippen LogP contribution in [0.25, 0.3) is 0 Å². The quantitative estimate of drug-likeness (QED) is 0.477. The molecule has 0 aliphatic carbocycles. The van der Waals surface area contributed by atoms with Crippen molar-refractivity contribution in [3.05, 3.63) is 52.0 Å². The second-order valence-electron chi connectivity index (χ2n) is 6.82. The maximum absolute atomic E-state index is 4.70. The molecule has 0 spiro atoms. The molecule has 2 rings (SSSR count). The average Bonchev–Trinajstić information content (AvgIpc) is 3.04. The molecule has 1 aromatic carbocycles. The van der Waals surface area contributed by atoms with Crippen LogP contribution in [0, 0.1) is 0 Å². The van der Waals surface area contributed by atoms with Crippen molar-refractivity contribution in [3.8, 4) is 0 Å². The van der Waals surface area contributed by atoms with E-state index in [1.54, 1.807) is 18.4 Å². The number of nitrogens with one attached hydrogen (secondary N) is 2. The molecule has 0 unspecified atom stereocenters. The molecule has 0 fully saturated rings. The summed E-state index contributed by atoms with van der Waals surface area (Å²) >= 11 is 1.70. The molecule has 2 N–H and O–H groups in total. The van der Waals surface area contributed by atoms with E-state index in [1.165, 1.54) is 5.56 Å². The summed E-state index contributed by atoms with van der Waals surface area (Å²) in [4.78, 5) is 8.97. The molecule has 0 saturated heterocycles. The highest BCUT2D eigenvalue weighted by Gasteiger charge is 2.17. The molecular weight excluding hydrogens is 316 g/mol. The van der Waals surface area contributed by atoms with Gasteiger partial charge in [-0.2, -0.15) is 0 Å². The summed E-state index contributed by atoms with van der Waals surface area (Å²) in [6.45, 7) is 8.17. The SMILES string of the molecule is CN=C(NCCCc1ccccc1)NCc1nc(C(C)(C)C)cs1. The summed E-state index contributed by atoms with van der Waals surface area (Å²) in [5, 5.41) is 9.93. The predicted molar refractivity (Wildman–Crippen MR) is 104 cm³/mol. The lowest BCUT2D eigenvalue weighted by molar-refractivity contribution is 0.570. The molecular formula is C19H28N4S. The average molecular weight is 345 g/mol. The van der Waals surface area contributed by atoms with Crippen molar-refractivity contribution in [1.82, 2.24) is 15.6 Å². The predicted octanol–water partition coefficient (Wildman–Crippen LogP) is 3.74.